The van der Waals surface area contributed by atoms with Crippen LogP contribution in [0.15, 0.2) is 61.2 Å². The van der Waals surface area contributed by atoms with Crippen molar-refractivity contribution >= 4 is 26.5 Å². The summed E-state index contributed by atoms with van der Waals surface area (Å²) in [5.74, 6) is 0. The lowest BCUT2D eigenvalue weighted by Crippen LogP contribution is -2.41. The summed E-state index contributed by atoms with van der Waals surface area (Å²) in [6, 6.07) is 22.3. The first-order valence-corrected chi connectivity index (χ1v) is 12.2. The lowest BCUT2D eigenvalue weighted by Gasteiger charge is -2.39. The van der Waals surface area contributed by atoms with Crippen LogP contribution in [0.5, 0.6) is 0 Å². The minimum absolute atomic E-state index is 0.415. The number of hydrogen-bond acceptors (Lipinski definition) is 3. The summed E-state index contributed by atoms with van der Waals surface area (Å²) >= 11 is 0. The number of nitrogens with zero attached hydrogens (tertiary/aromatic N) is 3. The van der Waals surface area contributed by atoms with Crippen LogP contribution in [0, 0.1) is 25.2 Å². The standard InChI is InChI=1S/C29H30N3P/c1-19-12-22(15-23(13-19)17-30)8-9-25-16-29-27(14-20(25)2)21(3)32-26(18-31(29)33)11-10-24-6-4-5-7-28(24)32/h4-7,12-16,26H,3,8-11,18,33H2,1-2H3/t26-/m0/s1. The maximum atomic E-state index is 9.31. The number of para-hydroxylation sites is 1. The molecule has 0 N–H and O–H groups in total. The van der Waals surface area contributed by atoms with E-state index in [4.69, 9.17) is 0 Å². The van der Waals surface area contributed by atoms with Gasteiger partial charge in [0, 0.05) is 29.2 Å². The minimum atomic E-state index is 0.415. The Morgan fingerprint density at radius 2 is 1.88 bits per heavy atom. The topological polar surface area (TPSA) is 30.3 Å². The Kier molecular flexibility index (Phi) is 5.73. The maximum absolute atomic E-state index is 9.31. The van der Waals surface area contributed by atoms with Crippen molar-refractivity contribution in [2.24, 2.45) is 0 Å². The molecule has 2 heterocycles. The predicted molar refractivity (Wildman–Crippen MR) is 142 cm³/mol. The summed E-state index contributed by atoms with van der Waals surface area (Å²) in [6.45, 7) is 9.81. The van der Waals surface area contributed by atoms with E-state index in [1.165, 1.54) is 39.2 Å². The molecule has 0 radical (unpaired) electrons. The fourth-order valence-electron chi connectivity index (χ4n) is 5.43. The van der Waals surface area contributed by atoms with Gasteiger partial charge in [-0.25, -0.2) is 0 Å². The van der Waals surface area contributed by atoms with Gasteiger partial charge in [-0.05, 0) is 107 Å². The van der Waals surface area contributed by atoms with Crippen LogP contribution in [0.1, 0.15) is 45.4 Å². The Morgan fingerprint density at radius 3 is 2.70 bits per heavy atom. The second-order valence-corrected chi connectivity index (χ2v) is 10.0. The first kappa shape index (κ1) is 21.7. The normalized spacial score (nSPS) is 17.0. The minimum Gasteiger partial charge on any atom is -0.353 e. The Bertz CT molecular complexity index is 1290. The van der Waals surface area contributed by atoms with Gasteiger partial charge in [-0.1, -0.05) is 30.8 Å². The van der Waals surface area contributed by atoms with Crippen molar-refractivity contribution in [3.63, 3.8) is 0 Å². The zero-order valence-corrected chi connectivity index (χ0v) is 20.6. The molecule has 3 aromatic rings. The molecule has 0 amide bonds. The van der Waals surface area contributed by atoms with Crippen molar-refractivity contribution in [2.75, 3.05) is 16.1 Å². The molecular formula is C29H30N3P. The second kappa shape index (κ2) is 8.69. The lowest BCUT2D eigenvalue weighted by molar-refractivity contribution is 0.592. The van der Waals surface area contributed by atoms with E-state index in [0.717, 1.165) is 49.1 Å². The summed E-state index contributed by atoms with van der Waals surface area (Å²) in [6.07, 6.45) is 4.13. The third-order valence-electron chi connectivity index (χ3n) is 7.09. The molecule has 5 rings (SSSR count). The van der Waals surface area contributed by atoms with E-state index in [9.17, 15) is 5.26 Å². The molecule has 166 valence electrons. The number of nitriles is 1. The molecule has 2 aliphatic rings. The number of fused-ring (bicyclic) bond motifs is 4. The van der Waals surface area contributed by atoms with Gasteiger partial charge in [0.25, 0.3) is 0 Å². The summed E-state index contributed by atoms with van der Waals surface area (Å²) in [5, 5.41) is 9.31. The third-order valence-corrected chi connectivity index (χ3v) is 7.57. The monoisotopic (exact) mass is 451 g/mol. The van der Waals surface area contributed by atoms with Gasteiger partial charge in [0.1, 0.15) is 0 Å². The quantitative estimate of drug-likeness (QED) is 0.434. The van der Waals surface area contributed by atoms with Crippen molar-refractivity contribution in [3.8, 4) is 6.07 Å². The molecule has 4 heteroatoms. The molecule has 0 aromatic heterocycles. The number of benzene rings is 3. The highest BCUT2D eigenvalue weighted by molar-refractivity contribution is 7.19. The smallest absolute Gasteiger partial charge is 0.0991 e. The van der Waals surface area contributed by atoms with E-state index in [0.29, 0.717) is 6.04 Å². The summed E-state index contributed by atoms with van der Waals surface area (Å²) in [4.78, 5) is 2.47. The second-order valence-electron chi connectivity index (χ2n) is 9.41. The van der Waals surface area contributed by atoms with Gasteiger partial charge in [-0.2, -0.15) is 5.26 Å². The van der Waals surface area contributed by atoms with Crippen molar-refractivity contribution in [3.05, 3.63) is 100 Å². The number of aryl methyl sites for hydroxylation is 5. The van der Waals surface area contributed by atoms with E-state index in [2.05, 4.69) is 87.9 Å². The molecule has 2 aliphatic heterocycles. The van der Waals surface area contributed by atoms with Crippen LogP contribution in [0.2, 0.25) is 0 Å². The maximum Gasteiger partial charge on any atom is 0.0991 e. The van der Waals surface area contributed by atoms with Crippen molar-refractivity contribution in [1.29, 1.82) is 5.26 Å². The summed E-state index contributed by atoms with van der Waals surface area (Å²) in [5.41, 5.74) is 12.0. The number of anilines is 2. The van der Waals surface area contributed by atoms with E-state index in [1.807, 2.05) is 12.1 Å². The Morgan fingerprint density at radius 1 is 1.06 bits per heavy atom. The van der Waals surface area contributed by atoms with Crippen molar-refractivity contribution in [1.82, 2.24) is 0 Å². The van der Waals surface area contributed by atoms with Crippen LogP contribution in [-0.4, -0.2) is 12.6 Å². The first-order chi connectivity index (χ1) is 15.9. The highest BCUT2D eigenvalue weighted by Crippen LogP contribution is 2.43. The van der Waals surface area contributed by atoms with E-state index < -0.39 is 0 Å². The van der Waals surface area contributed by atoms with Crippen LogP contribution in [0.4, 0.5) is 11.4 Å². The molecule has 0 spiro atoms. The Balaban J connectivity index is 1.48. The largest absolute Gasteiger partial charge is 0.353 e. The molecule has 0 bridgehead atoms. The fourth-order valence-corrected chi connectivity index (χ4v) is 5.88. The first-order valence-electron chi connectivity index (χ1n) is 11.7. The van der Waals surface area contributed by atoms with E-state index in [-0.39, 0.29) is 0 Å². The van der Waals surface area contributed by atoms with E-state index in [1.54, 1.807) is 0 Å². The Labute approximate surface area is 199 Å². The van der Waals surface area contributed by atoms with Gasteiger partial charge in [0.2, 0.25) is 0 Å². The zero-order chi connectivity index (χ0) is 23.1. The van der Waals surface area contributed by atoms with Crippen LogP contribution < -0.4 is 9.57 Å². The lowest BCUT2D eigenvalue weighted by atomic mass is 9.93. The summed E-state index contributed by atoms with van der Waals surface area (Å²) in [7, 11) is 2.96. The molecule has 33 heavy (non-hydrogen) atoms. The van der Waals surface area contributed by atoms with Gasteiger partial charge in [0.05, 0.1) is 17.7 Å². The number of rotatable bonds is 3. The Hall–Kier alpha value is -3.08. The number of hydrogen-bond donors (Lipinski definition) is 0. The van der Waals surface area contributed by atoms with E-state index >= 15 is 0 Å². The van der Waals surface area contributed by atoms with Gasteiger partial charge >= 0.3 is 0 Å². The van der Waals surface area contributed by atoms with Gasteiger partial charge in [-0.3, -0.25) is 0 Å². The molecule has 0 saturated heterocycles. The van der Waals surface area contributed by atoms with Gasteiger partial charge in [0.15, 0.2) is 0 Å². The third kappa shape index (κ3) is 4.05. The van der Waals surface area contributed by atoms with Crippen molar-refractivity contribution in [2.45, 2.75) is 45.6 Å². The molecule has 0 aliphatic carbocycles. The van der Waals surface area contributed by atoms with Crippen LogP contribution in [-0.2, 0) is 19.3 Å². The molecule has 0 fully saturated rings. The average Bonchev–Trinajstić information content (AvgIpc) is 2.91. The van der Waals surface area contributed by atoms with Crippen LogP contribution in [0.25, 0.3) is 5.70 Å². The predicted octanol–water partition coefficient (Wildman–Crippen LogP) is 6.36. The van der Waals surface area contributed by atoms with Crippen LogP contribution in [0.3, 0.4) is 0 Å². The molecular weight excluding hydrogens is 421 g/mol. The molecule has 3 aromatic carbocycles. The highest BCUT2D eigenvalue weighted by atomic mass is 31.0. The molecule has 2 atom stereocenters. The SMILES string of the molecule is C=C1c2cc(C)c(CCc3cc(C)cc(C#N)c3)cc2N(P)C[C@@H]2CCc3ccccc3N12. The highest BCUT2D eigenvalue weighted by Gasteiger charge is 2.33. The average molecular weight is 452 g/mol. The van der Waals surface area contributed by atoms with Crippen LogP contribution >= 0.6 is 9.39 Å². The molecule has 1 unspecified atom stereocenters. The van der Waals surface area contributed by atoms with Gasteiger partial charge in [-0.15, -0.1) is 0 Å². The summed E-state index contributed by atoms with van der Waals surface area (Å²) < 4.78 is 2.34. The fraction of sp³-hybridized carbons (Fsp3) is 0.276. The van der Waals surface area contributed by atoms with Crippen molar-refractivity contribution < 1.29 is 0 Å². The molecule has 3 nitrogen and oxygen atoms in total. The zero-order valence-electron chi connectivity index (χ0n) is 19.4. The molecule has 0 saturated carbocycles. The van der Waals surface area contributed by atoms with Gasteiger partial charge < -0.3 is 9.57 Å².